The van der Waals surface area contributed by atoms with Crippen LogP contribution in [0.3, 0.4) is 0 Å². The summed E-state index contributed by atoms with van der Waals surface area (Å²) in [5, 5.41) is 4.62. The summed E-state index contributed by atoms with van der Waals surface area (Å²) in [5.74, 6) is 1.19. The molecule has 92 valence electrons. The molecule has 1 unspecified atom stereocenters. The van der Waals surface area contributed by atoms with Crippen LogP contribution in [0, 0.1) is 6.92 Å². The van der Waals surface area contributed by atoms with E-state index in [1.165, 1.54) is 29.7 Å². The van der Waals surface area contributed by atoms with E-state index < -0.39 is 0 Å². The molecule has 0 aliphatic carbocycles. The van der Waals surface area contributed by atoms with Crippen molar-refractivity contribution >= 4 is 16.9 Å². The van der Waals surface area contributed by atoms with Gasteiger partial charge in [-0.2, -0.15) is 0 Å². The molecule has 1 fully saturated rings. The third kappa shape index (κ3) is 3.50. The van der Waals surface area contributed by atoms with Gasteiger partial charge in [0.1, 0.15) is 0 Å². The Balaban J connectivity index is 1.98. The van der Waals surface area contributed by atoms with Crippen LogP contribution in [-0.2, 0) is 6.54 Å². The van der Waals surface area contributed by atoms with Gasteiger partial charge < -0.3 is 5.32 Å². The minimum atomic E-state index is 0.617. The second-order valence-corrected chi connectivity index (χ2v) is 5.52. The zero-order chi connectivity index (χ0) is 12.1. The Hall–Kier alpha value is -0.960. The number of nitrogens with one attached hydrogen (secondary N) is 1. The van der Waals surface area contributed by atoms with Crippen LogP contribution in [0.5, 0.6) is 0 Å². The lowest BCUT2D eigenvalue weighted by Crippen LogP contribution is -2.37. The van der Waals surface area contributed by atoms with Crippen molar-refractivity contribution in [1.82, 2.24) is 5.32 Å². The lowest BCUT2D eigenvalue weighted by molar-refractivity contribution is 0.570. The quantitative estimate of drug-likeness (QED) is 0.887. The van der Waals surface area contributed by atoms with Crippen molar-refractivity contribution in [1.29, 1.82) is 0 Å². The smallest absolute Gasteiger partial charge is 0.157 e. The zero-order valence-corrected chi connectivity index (χ0v) is 11.4. The topological polar surface area (TPSA) is 24.4 Å². The molecule has 0 amide bonds. The Kier molecular flexibility index (Phi) is 4.49. The highest BCUT2D eigenvalue weighted by molar-refractivity contribution is 8.13. The van der Waals surface area contributed by atoms with Gasteiger partial charge in [0.25, 0.3) is 0 Å². The molecule has 3 heteroatoms. The number of aliphatic imine (C=N–C) groups is 1. The van der Waals surface area contributed by atoms with E-state index >= 15 is 0 Å². The van der Waals surface area contributed by atoms with Gasteiger partial charge in [0.05, 0.1) is 6.54 Å². The SMILES string of the molecule is CCC1CCSC(=NCc2ccccc2C)N1. The largest absolute Gasteiger partial charge is 0.362 e. The normalized spacial score (nSPS) is 22.5. The van der Waals surface area contributed by atoms with Crippen molar-refractivity contribution in [3.8, 4) is 0 Å². The van der Waals surface area contributed by atoms with Crippen molar-refractivity contribution in [2.24, 2.45) is 4.99 Å². The van der Waals surface area contributed by atoms with E-state index in [2.05, 4.69) is 48.4 Å². The van der Waals surface area contributed by atoms with Crippen LogP contribution in [0.1, 0.15) is 30.9 Å². The van der Waals surface area contributed by atoms with Crippen LogP contribution < -0.4 is 5.32 Å². The summed E-state index contributed by atoms with van der Waals surface area (Å²) >= 11 is 1.85. The number of thioether (sulfide) groups is 1. The number of benzene rings is 1. The van der Waals surface area contributed by atoms with Crippen molar-refractivity contribution in [2.75, 3.05) is 5.75 Å². The number of rotatable bonds is 3. The van der Waals surface area contributed by atoms with Crippen molar-refractivity contribution in [2.45, 2.75) is 39.3 Å². The van der Waals surface area contributed by atoms with Crippen molar-refractivity contribution < 1.29 is 0 Å². The molecule has 1 heterocycles. The molecule has 2 nitrogen and oxygen atoms in total. The van der Waals surface area contributed by atoms with E-state index in [1.54, 1.807) is 0 Å². The molecule has 1 saturated heterocycles. The van der Waals surface area contributed by atoms with E-state index in [0.717, 1.165) is 11.7 Å². The molecular formula is C14H20N2S. The van der Waals surface area contributed by atoms with Gasteiger partial charge >= 0.3 is 0 Å². The Bertz CT molecular complexity index is 401. The Morgan fingerprint density at radius 2 is 2.24 bits per heavy atom. The first-order chi connectivity index (χ1) is 8.29. The van der Waals surface area contributed by atoms with Gasteiger partial charge in [-0.1, -0.05) is 43.0 Å². The lowest BCUT2D eigenvalue weighted by atomic mass is 10.1. The zero-order valence-electron chi connectivity index (χ0n) is 10.6. The minimum absolute atomic E-state index is 0.617. The van der Waals surface area contributed by atoms with Gasteiger partial charge in [0, 0.05) is 11.8 Å². The predicted octanol–water partition coefficient (Wildman–Crippen LogP) is 3.36. The van der Waals surface area contributed by atoms with E-state index in [-0.39, 0.29) is 0 Å². The number of nitrogens with zero attached hydrogens (tertiary/aromatic N) is 1. The molecule has 2 rings (SSSR count). The monoisotopic (exact) mass is 248 g/mol. The number of hydrogen-bond acceptors (Lipinski definition) is 2. The Labute approximate surface area is 108 Å². The maximum Gasteiger partial charge on any atom is 0.157 e. The fourth-order valence-electron chi connectivity index (χ4n) is 1.93. The Morgan fingerprint density at radius 3 is 3.00 bits per heavy atom. The van der Waals surface area contributed by atoms with E-state index in [1.807, 2.05) is 11.8 Å². The minimum Gasteiger partial charge on any atom is -0.362 e. The molecule has 1 atom stereocenters. The summed E-state index contributed by atoms with van der Waals surface area (Å²) in [6.45, 7) is 5.16. The summed E-state index contributed by atoms with van der Waals surface area (Å²) in [6, 6.07) is 9.08. The van der Waals surface area contributed by atoms with Crippen molar-refractivity contribution in [3.05, 3.63) is 35.4 Å². The molecule has 0 aromatic heterocycles. The first-order valence-corrected chi connectivity index (χ1v) is 7.26. The van der Waals surface area contributed by atoms with E-state index in [0.29, 0.717) is 6.04 Å². The van der Waals surface area contributed by atoms with Crippen LogP contribution in [-0.4, -0.2) is 17.0 Å². The van der Waals surface area contributed by atoms with Gasteiger partial charge in [-0.15, -0.1) is 0 Å². The molecule has 0 radical (unpaired) electrons. The highest BCUT2D eigenvalue weighted by Gasteiger charge is 2.15. The van der Waals surface area contributed by atoms with Gasteiger partial charge in [0.15, 0.2) is 5.17 Å². The molecule has 1 aliphatic rings. The average Bonchev–Trinajstić information content (AvgIpc) is 2.38. The molecule has 1 aliphatic heterocycles. The molecule has 0 saturated carbocycles. The average molecular weight is 248 g/mol. The molecule has 17 heavy (non-hydrogen) atoms. The van der Waals surface area contributed by atoms with Crippen LogP contribution in [0.2, 0.25) is 0 Å². The highest BCUT2D eigenvalue weighted by atomic mass is 32.2. The number of hydrogen-bond donors (Lipinski definition) is 1. The fourth-order valence-corrected chi connectivity index (χ4v) is 2.93. The van der Waals surface area contributed by atoms with E-state index in [4.69, 9.17) is 0 Å². The molecule has 0 spiro atoms. The third-order valence-electron chi connectivity index (χ3n) is 3.18. The summed E-state index contributed by atoms with van der Waals surface area (Å²) < 4.78 is 0. The molecule has 1 aromatic rings. The van der Waals surface area contributed by atoms with Crippen LogP contribution in [0.25, 0.3) is 0 Å². The molecule has 1 N–H and O–H groups in total. The number of amidine groups is 1. The van der Waals surface area contributed by atoms with Gasteiger partial charge in [-0.05, 0) is 30.9 Å². The van der Waals surface area contributed by atoms with Crippen LogP contribution in [0.4, 0.5) is 0 Å². The lowest BCUT2D eigenvalue weighted by Gasteiger charge is -2.24. The summed E-state index contributed by atoms with van der Waals surface area (Å²) in [6.07, 6.45) is 2.44. The third-order valence-corrected chi connectivity index (χ3v) is 4.14. The molecule has 1 aromatic carbocycles. The second-order valence-electron chi connectivity index (χ2n) is 4.43. The predicted molar refractivity (Wildman–Crippen MR) is 76.6 cm³/mol. The first-order valence-electron chi connectivity index (χ1n) is 6.28. The maximum absolute atomic E-state index is 4.68. The standard InChI is InChI=1S/C14H20N2S/c1-3-13-8-9-17-14(16-13)15-10-12-7-5-4-6-11(12)2/h4-7,13H,3,8-10H2,1-2H3,(H,15,16). The summed E-state index contributed by atoms with van der Waals surface area (Å²) in [7, 11) is 0. The first kappa shape index (κ1) is 12.5. The highest BCUT2D eigenvalue weighted by Crippen LogP contribution is 2.17. The van der Waals surface area contributed by atoms with Gasteiger partial charge in [0.2, 0.25) is 0 Å². The second kappa shape index (κ2) is 6.10. The Morgan fingerprint density at radius 1 is 1.41 bits per heavy atom. The molecule has 0 bridgehead atoms. The fraction of sp³-hybridized carbons (Fsp3) is 0.500. The summed E-state index contributed by atoms with van der Waals surface area (Å²) in [4.78, 5) is 4.68. The summed E-state index contributed by atoms with van der Waals surface area (Å²) in [5.41, 5.74) is 2.64. The van der Waals surface area contributed by atoms with Crippen LogP contribution >= 0.6 is 11.8 Å². The molecular weight excluding hydrogens is 228 g/mol. The van der Waals surface area contributed by atoms with E-state index in [9.17, 15) is 0 Å². The van der Waals surface area contributed by atoms with Crippen molar-refractivity contribution in [3.63, 3.8) is 0 Å². The maximum atomic E-state index is 4.68. The van der Waals surface area contributed by atoms with Gasteiger partial charge in [-0.3, -0.25) is 4.99 Å². The van der Waals surface area contributed by atoms with Crippen LogP contribution in [0.15, 0.2) is 29.3 Å². The number of aryl methyl sites for hydroxylation is 1. The van der Waals surface area contributed by atoms with Gasteiger partial charge in [-0.25, -0.2) is 0 Å².